The molecule has 0 aromatic heterocycles. The van der Waals surface area contributed by atoms with Crippen LogP contribution in [0.1, 0.15) is 33.6 Å². The van der Waals surface area contributed by atoms with Crippen molar-refractivity contribution in [1.82, 2.24) is 10.0 Å². The summed E-state index contributed by atoms with van der Waals surface area (Å²) in [7, 11) is -3.75. The van der Waals surface area contributed by atoms with Crippen LogP contribution in [-0.2, 0) is 14.8 Å². The minimum Gasteiger partial charge on any atom is -0.349 e. The molecule has 1 amide bonds. The van der Waals surface area contributed by atoms with Crippen LogP contribution in [0.2, 0.25) is 5.02 Å². The van der Waals surface area contributed by atoms with Crippen LogP contribution in [0.25, 0.3) is 0 Å². The zero-order valence-electron chi connectivity index (χ0n) is 12.9. The van der Waals surface area contributed by atoms with Gasteiger partial charge in [-0.15, -0.1) is 0 Å². The van der Waals surface area contributed by atoms with Gasteiger partial charge in [0, 0.05) is 10.6 Å². The highest BCUT2D eigenvalue weighted by atomic mass is 35.5. The molecule has 7 heteroatoms. The molecule has 0 unspecified atom stereocenters. The lowest BCUT2D eigenvalue weighted by molar-refractivity contribution is -0.123. The molecule has 22 heavy (non-hydrogen) atoms. The topological polar surface area (TPSA) is 75.3 Å². The van der Waals surface area contributed by atoms with Gasteiger partial charge in [0.1, 0.15) is 0 Å². The maximum absolute atomic E-state index is 12.2. The molecule has 0 saturated heterocycles. The molecule has 1 aromatic carbocycles. The molecule has 0 aliphatic heterocycles. The quantitative estimate of drug-likeness (QED) is 0.831. The number of hydrogen-bond donors (Lipinski definition) is 2. The summed E-state index contributed by atoms with van der Waals surface area (Å²) in [4.78, 5) is 12.3. The van der Waals surface area contributed by atoms with Gasteiger partial charge in [-0.1, -0.05) is 25.4 Å². The molecule has 1 aromatic rings. The molecule has 122 valence electrons. The lowest BCUT2D eigenvalue weighted by atomic mass is 10.0. The third-order valence-corrected chi connectivity index (χ3v) is 5.92. The van der Waals surface area contributed by atoms with Crippen molar-refractivity contribution in [3.63, 3.8) is 0 Å². The van der Waals surface area contributed by atoms with Gasteiger partial charge in [0.25, 0.3) is 0 Å². The summed E-state index contributed by atoms with van der Waals surface area (Å²) in [6.07, 6.45) is 1.88. The Balaban J connectivity index is 2.03. The molecule has 2 rings (SSSR count). The molecular weight excluding hydrogens is 324 g/mol. The Bertz CT molecular complexity index is 652. The molecule has 1 saturated carbocycles. The van der Waals surface area contributed by atoms with E-state index in [2.05, 4.69) is 23.9 Å². The number of benzene rings is 1. The molecular formula is C15H21ClN2O3S. The van der Waals surface area contributed by atoms with Crippen molar-refractivity contribution < 1.29 is 13.2 Å². The van der Waals surface area contributed by atoms with E-state index < -0.39 is 16.1 Å². The zero-order chi connectivity index (χ0) is 16.5. The van der Waals surface area contributed by atoms with E-state index in [0.29, 0.717) is 10.9 Å². The fourth-order valence-electron chi connectivity index (χ4n) is 2.30. The summed E-state index contributed by atoms with van der Waals surface area (Å²) in [6, 6.07) is 4.98. The highest BCUT2D eigenvalue weighted by Gasteiger charge is 2.47. The lowest BCUT2D eigenvalue weighted by Gasteiger charge is -2.24. The molecule has 0 spiro atoms. The molecule has 1 atom stereocenters. The summed E-state index contributed by atoms with van der Waals surface area (Å²) in [5.74, 6) is 0.0280. The Morgan fingerprint density at radius 2 is 1.73 bits per heavy atom. The molecule has 0 heterocycles. The standard InChI is InChI=1S/C15H21ClN2O3S/c1-10(2)15(8-9-15)17-14(19)11(3)18-22(20,21)13-6-4-12(16)5-7-13/h4-7,10-11,18H,8-9H2,1-3H3,(H,17,19)/t11-/m0/s1. The molecule has 1 fully saturated rings. The van der Waals surface area contributed by atoms with Crippen LogP contribution >= 0.6 is 11.6 Å². The molecule has 0 radical (unpaired) electrons. The number of hydrogen-bond acceptors (Lipinski definition) is 3. The first-order valence-corrected chi connectivity index (χ1v) is 9.12. The predicted molar refractivity (Wildman–Crippen MR) is 86.2 cm³/mol. The van der Waals surface area contributed by atoms with Crippen molar-refractivity contribution in [3.05, 3.63) is 29.3 Å². The van der Waals surface area contributed by atoms with E-state index in [-0.39, 0.29) is 16.3 Å². The van der Waals surface area contributed by atoms with Crippen LogP contribution < -0.4 is 10.0 Å². The van der Waals surface area contributed by atoms with E-state index in [0.717, 1.165) is 12.8 Å². The molecule has 5 nitrogen and oxygen atoms in total. The SMILES string of the molecule is CC(C)C1(NC(=O)[C@H](C)NS(=O)(=O)c2ccc(Cl)cc2)CC1. The Hall–Kier alpha value is -1.11. The molecule has 0 bridgehead atoms. The van der Waals surface area contributed by atoms with Gasteiger partial charge in [-0.3, -0.25) is 4.79 Å². The normalized spacial score (nSPS) is 18.0. The van der Waals surface area contributed by atoms with Gasteiger partial charge >= 0.3 is 0 Å². The Morgan fingerprint density at radius 1 is 1.18 bits per heavy atom. The second-order valence-corrected chi connectivity index (χ2v) is 8.25. The van der Waals surface area contributed by atoms with Crippen LogP contribution in [0.15, 0.2) is 29.2 Å². The number of nitrogens with one attached hydrogen (secondary N) is 2. The van der Waals surface area contributed by atoms with Gasteiger partial charge in [-0.2, -0.15) is 4.72 Å². The average molecular weight is 345 g/mol. The van der Waals surface area contributed by atoms with Crippen LogP contribution in [0.4, 0.5) is 0 Å². The van der Waals surface area contributed by atoms with Gasteiger partial charge in [0.05, 0.1) is 10.9 Å². The fourth-order valence-corrected chi connectivity index (χ4v) is 3.63. The van der Waals surface area contributed by atoms with Gasteiger partial charge < -0.3 is 5.32 Å². The first-order valence-electron chi connectivity index (χ1n) is 7.26. The van der Waals surface area contributed by atoms with Crippen molar-refractivity contribution in [2.45, 2.75) is 50.1 Å². The summed E-state index contributed by atoms with van der Waals surface area (Å²) in [6.45, 7) is 5.64. The van der Waals surface area contributed by atoms with Crippen LogP contribution in [0, 0.1) is 5.92 Å². The second kappa shape index (κ2) is 6.18. The van der Waals surface area contributed by atoms with E-state index in [1.807, 2.05) is 0 Å². The summed E-state index contributed by atoms with van der Waals surface area (Å²) in [5.41, 5.74) is -0.170. The first kappa shape index (κ1) is 17.2. The zero-order valence-corrected chi connectivity index (χ0v) is 14.5. The fraction of sp³-hybridized carbons (Fsp3) is 0.533. The van der Waals surface area contributed by atoms with Crippen molar-refractivity contribution in [1.29, 1.82) is 0 Å². The number of sulfonamides is 1. The smallest absolute Gasteiger partial charge is 0.241 e. The van der Waals surface area contributed by atoms with Gasteiger partial charge in [0.2, 0.25) is 15.9 Å². The average Bonchev–Trinajstić information content (AvgIpc) is 3.19. The van der Waals surface area contributed by atoms with Crippen LogP contribution in [0.3, 0.4) is 0 Å². The highest BCUT2D eigenvalue weighted by molar-refractivity contribution is 7.89. The van der Waals surface area contributed by atoms with Crippen molar-refractivity contribution >= 4 is 27.5 Å². The van der Waals surface area contributed by atoms with E-state index in [1.54, 1.807) is 6.92 Å². The van der Waals surface area contributed by atoms with Crippen molar-refractivity contribution in [3.8, 4) is 0 Å². The summed E-state index contributed by atoms with van der Waals surface area (Å²) < 4.78 is 26.9. The lowest BCUT2D eigenvalue weighted by Crippen LogP contribution is -2.50. The monoisotopic (exact) mass is 344 g/mol. The van der Waals surface area contributed by atoms with Crippen molar-refractivity contribution in [2.24, 2.45) is 5.92 Å². The summed E-state index contributed by atoms with van der Waals surface area (Å²) >= 11 is 5.75. The Kier molecular flexibility index (Phi) is 4.84. The highest BCUT2D eigenvalue weighted by Crippen LogP contribution is 2.42. The van der Waals surface area contributed by atoms with Gasteiger partial charge in [-0.05, 0) is 49.9 Å². The second-order valence-electron chi connectivity index (χ2n) is 6.10. The number of carbonyl (C=O) groups is 1. The third kappa shape index (κ3) is 3.80. The number of carbonyl (C=O) groups excluding carboxylic acids is 1. The molecule has 2 N–H and O–H groups in total. The molecule has 1 aliphatic carbocycles. The summed E-state index contributed by atoms with van der Waals surface area (Å²) in [5, 5.41) is 3.42. The molecule has 1 aliphatic rings. The Morgan fingerprint density at radius 3 is 2.18 bits per heavy atom. The number of halogens is 1. The van der Waals surface area contributed by atoms with Crippen LogP contribution in [-0.4, -0.2) is 25.9 Å². The maximum atomic E-state index is 12.2. The minimum atomic E-state index is -3.75. The van der Waals surface area contributed by atoms with E-state index in [4.69, 9.17) is 11.6 Å². The predicted octanol–water partition coefficient (Wildman–Crippen LogP) is 2.31. The first-order chi connectivity index (χ1) is 10.2. The van der Waals surface area contributed by atoms with Crippen LogP contribution in [0.5, 0.6) is 0 Å². The largest absolute Gasteiger partial charge is 0.349 e. The third-order valence-electron chi connectivity index (χ3n) is 4.12. The van der Waals surface area contributed by atoms with E-state index >= 15 is 0 Å². The number of amides is 1. The maximum Gasteiger partial charge on any atom is 0.241 e. The minimum absolute atomic E-state index is 0.0848. The number of rotatable bonds is 6. The van der Waals surface area contributed by atoms with Crippen molar-refractivity contribution in [2.75, 3.05) is 0 Å². The van der Waals surface area contributed by atoms with Gasteiger partial charge in [0.15, 0.2) is 0 Å². The van der Waals surface area contributed by atoms with E-state index in [1.165, 1.54) is 24.3 Å². The Labute approximate surface area is 136 Å². The van der Waals surface area contributed by atoms with Gasteiger partial charge in [-0.25, -0.2) is 8.42 Å². The van der Waals surface area contributed by atoms with E-state index in [9.17, 15) is 13.2 Å².